The summed E-state index contributed by atoms with van der Waals surface area (Å²) in [6.07, 6.45) is 0.926. The average Bonchev–Trinajstić information content (AvgIpc) is 2.90. The highest BCUT2D eigenvalue weighted by Crippen LogP contribution is 2.23. The van der Waals surface area contributed by atoms with Gasteiger partial charge in [-0.15, -0.1) is 0 Å². The minimum absolute atomic E-state index is 0.154. The molecule has 0 radical (unpaired) electrons. The van der Waals surface area contributed by atoms with Gasteiger partial charge in [0.2, 0.25) is 0 Å². The van der Waals surface area contributed by atoms with Crippen LogP contribution in [0.1, 0.15) is 36.8 Å². The van der Waals surface area contributed by atoms with E-state index in [-0.39, 0.29) is 6.04 Å². The third-order valence-electron chi connectivity index (χ3n) is 3.32. The van der Waals surface area contributed by atoms with E-state index in [9.17, 15) is 0 Å². The molecule has 2 N–H and O–H groups in total. The van der Waals surface area contributed by atoms with Crippen molar-refractivity contribution in [3.8, 4) is 5.75 Å². The molecule has 0 bridgehead atoms. The van der Waals surface area contributed by atoms with Crippen LogP contribution in [0.5, 0.6) is 5.75 Å². The molecule has 0 aliphatic rings. The van der Waals surface area contributed by atoms with Crippen LogP contribution >= 0.6 is 0 Å². The first-order valence-electron chi connectivity index (χ1n) is 6.65. The summed E-state index contributed by atoms with van der Waals surface area (Å²) in [6, 6.07) is 9.81. The highest BCUT2D eigenvalue weighted by atomic mass is 16.5. The molecule has 1 aromatic carbocycles. The normalized spacial score (nSPS) is 12.4. The van der Waals surface area contributed by atoms with E-state index in [2.05, 4.69) is 25.0 Å². The molecule has 0 aliphatic carbocycles. The Hall–Kier alpha value is -1.81. The lowest BCUT2D eigenvalue weighted by molar-refractivity contribution is 0.414. The zero-order valence-electron chi connectivity index (χ0n) is 11.8. The minimum Gasteiger partial charge on any atom is -0.497 e. The summed E-state index contributed by atoms with van der Waals surface area (Å²) < 4.78 is 7.14. The fraction of sp³-hybridized carbons (Fsp3) is 0.400. The first-order valence-corrected chi connectivity index (χ1v) is 6.65. The second-order valence-electron chi connectivity index (χ2n) is 4.48. The summed E-state index contributed by atoms with van der Waals surface area (Å²) in [5.41, 5.74) is 9.56. The number of rotatable bonds is 5. The molecular formula is C15H21N3O. The Morgan fingerprint density at radius 1 is 1.26 bits per heavy atom. The average molecular weight is 259 g/mol. The lowest BCUT2D eigenvalue weighted by atomic mass is 10.0. The van der Waals surface area contributed by atoms with Crippen molar-refractivity contribution in [1.29, 1.82) is 0 Å². The third-order valence-corrected chi connectivity index (χ3v) is 3.32. The van der Waals surface area contributed by atoms with E-state index in [4.69, 9.17) is 10.5 Å². The number of nitrogens with zero attached hydrogens (tertiary/aromatic N) is 2. The van der Waals surface area contributed by atoms with Gasteiger partial charge in [-0.2, -0.15) is 5.10 Å². The molecule has 0 aliphatic heterocycles. The van der Waals surface area contributed by atoms with Crippen LogP contribution < -0.4 is 10.5 Å². The van der Waals surface area contributed by atoms with Crippen LogP contribution in [0.15, 0.2) is 30.3 Å². The zero-order valence-corrected chi connectivity index (χ0v) is 11.8. The van der Waals surface area contributed by atoms with Crippen LogP contribution in [-0.4, -0.2) is 16.9 Å². The van der Waals surface area contributed by atoms with Crippen LogP contribution in [0.25, 0.3) is 0 Å². The fourth-order valence-electron chi connectivity index (χ4n) is 2.15. The molecule has 4 heteroatoms. The Labute approximate surface area is 114 Å². The highest BCUT2D eigenvalue weighted by Gasteiger charge is 2.15. The van der Waals surface area contributed by atoms with Gasteiger partial charge in [0.1, 0.15) is 5.75 Å². The molecule has 2 aromatic rings. The van der Waals surface area contributed by atoms with Gasteiger partial charge >= 0.3 is 0 Å². The first kappa shape index (κ1) is 13.6. The lowest BCUT2D eigenvalue weighted by Gasteiger charge is -2.14. The number of methoxy groups -OCH3 is 1. The van der Waals surface area contributed by atoms with E-state index in [0.29, 0.717) is 0 Å². The number of benzene rings is 1. The minimum atomic E-state index is -0.154. The smallest absolute Gasteiger partial charge is 0.118 e. The standard InChI is InChI=1S/C15H21N3O/c1-4-12-10-14(18(5-2)17-12)15(16)11-6-8-13(19-3)9-7-11/h6-10,15H,4-5,16H2,1-3H3. The topological polar surface area (TPSA) is 53.1 Å². The summed E-state index contributed by atoms with van der Waals surface area (Å²) in [5.74, 6) is 0.842. The molecule has 0 amide bonds. The summed E-state index contributed by atoms with van der Waals surface area (Å²) in [6.45, 7) is 5.01. The summed E-state index contributed by atoms with van der Waals surface area (Å²) in [7, 11) is 1.66. The third kappa shape index (κ3) is 2.79. The maximum Gasteiger partial charge on any atom is 0.118 e. The van der Waals surface area contributed by atoms with Gasteiger partial charge < -0.3 is 10.5 Å². The first-order chi connectivity index (χ1) is 9.19. The molecule has 0 saturated heterocycles. The van der Waals surface area contributed by atoms with Crippen molar-refractivity contribution in [3.63, 3.8) is 0 Å². The predicted octanol–water partition coefficient (Wildman–Crippen LogP) is 2.52. The molecule has 102 valence electrons. The van der Waals surface area contributed by atoms with Gasteiger partial charge in [-0.1, -0.05) is 19.1 Å². The number of hydrogen-bond acceptors (Lipinski definition) is 3. The van der Waals surface area contributed by atoms with Crippen LogP contribution in [0, 0.1) is 0 Å². The van der Waals surface area contributed by atoms with Crippen molar-refractivity contribution in [2.45, 2.75) is 32.9 Å². The summed E-state index contributed by atoms with van der Waals surface area (Å²) in [5, 5.41) is 4.54. The lowest BCUT2D eigenvalue weighted by Crippen LogP contribution is -2.17. The largest absolute Gasteiger partial charge is 0.497 e. The van der Waals surface area contributed by atoms with Crippen LogP contribution in [0.3, 0.4) is 0 Å². The van der Waals surface area contributed by atoms with E-state index in [1.54, 1.807) is 7.11 Å². The van der Waals surface area contributed by atoms with Crippen LogP contribution in [-0.2, 0) is 13.0 Å². The van der Waals surface area contributed by atoms with Gasteiger partial charge in [-0.3, -0.25) is 4.68 Å². The molecule has 1 atom stereocenters. The maximum absolute atomic E-state index is 6.35. The van der Waals surface area contributed by atoms with Gasteiger partial charge in [-0.25, -0.2) is 0 Å². The number of aromatic nitrogens is 2. The van der Waals surface area contributed by atoms with Crippen molar-refractivity contribution in [2.75, 3.05) is 7.11 Å². The van der Waals surface area contributed by atoms with E-state index < -0.39 is 0 Å². The SMILES string of the molecule is CCc1cc(C(N)c2ccc(OC)cc2)n(CC)n1. The van der Waals surface area contributed by atoms with Crippen LogP contribution in [0.4, 0.5) is 0 Å². The van der Waals surface area contributed by atoms with Gasteiger partial charge in [0, 0.05) is 6.54 Å². The van der Waals surface area contributed by atoms with E-state index in [1.807, 2.05) is 28.9 Å². The Morgan fingerprint density at radius 3 is 2.47 bits per heavy atom. The van der Waals surface area contributed by atoms with E-state index in [1.165, 1.54) is 0 Å². The van der Waals surface area contributed by atoms with Crippen molar-refractivity contribution in [1.82, 2.24) is 9.78 Å². The van der Waals surface area contributed by atoms with Crippen molar-refractivity contribution in [3.05, 3.63) is 47.3 Å². The molecule has 1 unspecified atom stereocenters. The summed E-state index contributed by atoms with van der Waals surface area (Å²) >= 11 is 0. The molecule has 0 fully saturated rings. The molecule has 1 aromatic heterocycles. The Balaban J connectivity index is 2.31. The van der Waals surface area contributed by atoms with Gasteiger partial charge in [-0.05, 0) is 37.1 Å². The number of hydrogen-bond donors (Lipinski definition) is 1. The van der Waals surface area contributed by atoms with Crippen molar-refractivity contribution < 1.29 is 4.74 Å². The molecule has 0 spiro atoms. The van der Waals surface area contributed by atoms with Gasteiger partial charge in [0.25, 0.3) is 0 Å². The molecule has 2 rings (SSSR count). The Bertz CT molecular complexity index is 531. The Morgan fingerprint density at radius 2 is 1.95 bits per heavy atom. The zero-order chi connectivity index (χ0) is 13.8. The van der Waals surface area contributed by atoms with Gasteiger partial charge in [0.05, 0.1) is 24.5 Å². The quantitative estimate of drug-likeness (QED) is 0.897. The molecule has 0 saturated carbocycles. The maximum atomic E-state index is 6.35. The molecular weight excluding hydrogens is 238 g/mol. The van der Waals surface area contributed by atoms with Crippen molar-refractivity contribution in [2.24, 2.45) is 5.73 Å². The fourth-order valence-corrected chi connectivity index (χ4v) is 2.15. The predicted molar refractivity (Wildman–Crippen MR) is 76.3 cm³/mol. The Kier molecular flexibility index (Phi) is 4.22. The van der Waals surface area contributed by atoms with E-state index >= 15 is 0 Å². The monoisotopic (exact) mass is 259 g/mol. The summed E-state index contributed by atoms with van der Waals surface area (Å²) in [4.78, 5) is 0. The molecule has 4 nitrogen and oxygen atoms in total. The highest BCUT2D eigenvalue weighted by molar-refractivity contribution is 5.33. The van der Waals surface area contributed by atoms with Crippen molar-refractivity contribution >= 4 is 0 Å². The number of ether oxygens (including phenoxy) is 1. The van der Waals surface area contributed by atoms with E-state index in [0.717, 1.165) is 35.7 Å². The number of nitrogens with two attached hydrogens (primary N) is 1. The second-order valence-corrected chi connectivity index (χ2v) is 4.48. The molecule has 1 heterocycles. The van der Waals surface area contributed by atoms with Gasteiger partial charge in [0.15, 0.2) is 0 Å². The molecule has 19 heavy (non-hydrogen) atoms. The second kappa shape index (κ2) is 5.89. The van der Waals surface area contributed by atoms with Crippen LogP contribution in [0.2, 0.25) is 0 Å². The number of aryl methyl sites for hydroxylation is 2.